The van der Waals surface area contributed by atoms with Gasteiger partial charge in [-0.25, -0.2) is 13.8 Å². The van der Waals surface area contributed by atoms with E-state index in [1.807, 2.05) is 18.2 Å². The van der Waals surface area contributed by atoms with Crippen LogP contribution in [0.15, 0.2) is 82.8 Å². The highest BCUT2D eigenvalue weighted by Crippen LogP contribution is 2.28. The highest BCUT2D eigenvalue weighted by atomic mass is 32.2. The summed E-state index contributed by atoms with van der Waals surface area (Å²) in [6, 6.07) is 21.1. The number of aryl methyl sites for hydroxylation is 1. The molecule has 0 aliphatic heterocycles. The smallest absolute Gasteiger partial charge is 0.255 e. The van der Waals surface area contributed by atoms with Crippen LogP contribution in [0.5, 0.6) is 11.5 Å². The lowest BCUT2D eigenvalue weighted by molar-refractivity contribution is -0.121. The first kappa shape index (κ1) is 24.9. The van der Waals surface area contributed by atoms with Gasteiger partial charge in [-0.15, -0.1) is 0 Å². The van der Waals surface area contributed by atoms with E-state index in [2.05, 4.69) is 10.5 Å². The van der Waals surface area contributed by atoms with Crippen LogP contribution >= 0.6 is 0 Å². The molecule has 9 heteroatoms. The maximum Gasteiger partial charge on any atom is 0.255 e. The maximum atomic E-state index is 13.6. The van der Waals surface area contributed by atoms with Gasteiger partial charge in [0.05, 0.1) is 27.0 Å². The quantitative estimate of drug-likeness (QED) is 0.354. The van der Waals surface area contributed by atoms with E-state index in [0.717, 1.165) is 21.0 Å². The fourth-order valence-electron chi connectivity index (χ4n) is 3.20. The molecule has 0 heterocycles. The Balaban J connectivity index is 1.82. The van der Waals surface area contributed by atoms with Gasteiger partial charge in [0.2, 0.25) is 10.0 Å². The Kier molecular flexibility index (Phi) is 8.39. The first-order chi connectivity index (χ1) is 16.3. The van der Waals surface area contributed by atoms with Crippen LogP contribution in [0.4, 0.5) is 0 Å². The molecule has 0 aliphatic rings. The van der Waals surface area contributed by atoms with Crippen LogP contribution in [0.25, 0.3) is 0 Å². The molecule has 0 bridgehead atoms. The van der Waals surface area contributed by atoms with Crippen molar-refractivity contribution in [3.8, 4) is 11.5 Å². The highest BCUT2D eigenvalue weighted by Gasteiger charge is 2.30. The summed E-state index contributed by atoms with van der Waals surface area (Å²) in [6.45, 7) is 1.38. The number of sulfonamides is 1. The summed E-state index contributed by atoms with van der Waals surface area (Å²) in [5.74, 6) is 0.340. The van der Waals surface area contributed by atoms with Crippen LogP contribution in [0.1, 0.15) is 16.7 Å². The molecule has 1 amide bonds. The van der Waals surface area contributed by atoms with Crippen molar-refractivity contribution >= 4 is 22.1 Å². The summed E-state index contributed by atoms with van der Waals surface area (Å²) >= 11 is 0. The van der Waals surface area contributed by atoms with Gasteiger partial charge < -0.3 is 9.47 Å². The van der Waals surface area contributed by atoms with Gasteiger partial charge in [0, 0.05) is 6.54 Å². The van der Waals surface area contributed by atoms with Crippen molar-refractivity contribution in [2.24, 2.45) is 5.10 Å². The normalized spacial score (nSPS) is 11.5. The molecule has 0 saturated heterocycles. The SMILES string of the molecule is COc1ccc(/C=N/NC(=O)CN(Cc2ccccc2)S(=O)(=O)c2cc(C)ccc2OC)cc1. The van der Waals surface area contributed by atoms with E-state index in [9.17, 15) is 13.2 Å². The number of nitrogens with zero attached hydrogens (tertiary/aromatic N) is 2. The maximum absolute atomic E-state index is 13.6. The molecule has 3 aromatic rings. The lowest BCUT2D eigenvalue weighted by Crippen LogP contribution is -2.39. The number of hydrazone groups is 1. The minimum absolute atomic E-state index is 0.000431. The number of methoxy groups -OCH3 is 2. The zero-order chi connectivity index (χ0) is 24.6. The zero-order valence-electron chi connectivity index (χ0n) is 19.3. The largest absolute Gasteiger partial charge is 0.497 e. The van der Waals surface area contributed by atoms with E-state index >= 15 is 0 Å². The summed E-state index contributed by atoms with van der Waals surface area (Å²) in [5.41, 5.74) is 4.65. The summed E-state index contributed by atoms with van der Waals surface area (Å²) in [7, 11) is -1.08. The van der Waals surface area contributed by atoms with Gasteiger partial charge in [-0.05, 0) is 60.0 Å². The highest BCUT2D eigenvalue weighted by molar-refractivity contribution is 7.89. The monoisotopic (exact) mass is 481 g/mol. The Bertz CT molecular complexity index is 1240. The van der Waals surface area contributed by atoms with Gasteiger partial charge in [0.1, 0.15) is 16.4 Å². The molecule has 3 rings (SSSR count). The van der Waals surface area contributed by atoms with Gasteiger partial charge in [0.25, 0.3) is 5.91 Å². The number of hydrogen-bond donors (Lipinski definition) is 1. The van der Waals surface area contributed by atoms with E-state index in [1.54, 1.807) is 62.6 Å². The van der Waals surface area contributed by atoms with Crippen molar-refractivity contribution in [1.82, 2.24) is 9.73 Å². The zero-order valence-corrected chi connectivity index (χ0v) is 20.1. The molecule has 0 aliphatic carbocycles. The van der Waals surface area contributed by atoms with Gasteiger partial charge >= 0.3 is 0 Å². The molecule has 0 fully saturated rings. The summed E-state index contributed by atoms with van der Waals surface area (Å²) in [4.78, 5) is 12.7. The summed E-state index contributed by atoms with van der Waals surface area (Å²) in [5, 5.41) is 3.95. The first-order valence-electron chi connectivity index (χ1n) is 10.5. The molecule has 0 unspecified atom stereocenters. The van der Waals surface area contributed by atoms with Crippen LogP contribution in [0.3, 0.4) is 0 Å². The summed E-state index contributed by atoms with van der Waals surface area (Å²) in [6.07, 6.45) is 1.47. The first-order valence-corrected chi connectivity index (χ1v) is 11.9. The van der Waals surface area contributed by atoms with Crippen LogP contribution < -0.4 is 14.9 Å². The average molecular weight is 482 g/mol. The fourth-order valence-corrected chi connectivity index (χ4v) is 4.83. The van der Waals surface area contributed by atoms with E-state index in [1.165, 1.54) is 19.4 Å². The van der Waals surface area contributed by atoms with E-state index in [4.69, 9.17) is 9.47 Å². The third kappa shape index (κ3) is 6.43. The minimum Gasteiger partial charge on any atom is -0.497 e. The van der Waals surface area contributed by atoms with Gasteiger partial charge in [-0.3, -0.25) is 4.79 Å². The molecule has 8 nitrogen and oxygen atoms in total. The number of hydrogen-bond acceptors (Lipinski definition) is 6. The van der Waals surface area contributed by atoms with Gasteiger partial charge in [0.15, 0.2) is 0 Å². The predicted octanol–water partition coefficient (Wildman–Crippen LogP) is 3.35. The standard InChI is InChI=1S/C25H27N3O5S/c1-19-9-14-23(33-3)24(15-19)34(30,31)28(17-21-7-5-4-6-8-21)18-25(29)27-26-16-20-10-12-22(32-2)13-11-20/h4-16H,17-18H2,1-3H3,(H,27,29)/b26-16+. The number of nitrogens with one attached hydrogen (secondary N) is 1. The van der Waals surface area contributed by atoms with Gasteiger partial charge in [-0.1, -0.05) is 36.4 Å². The van der Waals surface area contributed by atoms with Crippen molar-refractivity contribution in [3.63, 3.8) is 0 Å². The van der Waals surface area contributed by atoms with Crippen LogP contribution in [0.2, 0.25) is 0 Å². The second-order valence-electron chi connectivity index (χ2n) is 7.48. The molecule has 178 valence electrons. The lowest BCUT2D eigenvalue weighted by Gasteiger charge is -2.23. The molecule has 0 radical (unpaired) electrons. The van der Waals surface area contributed by atoms with Crippen molar-refractivity contribution in [1.29, 1.82) is 0 Å². The Morgan fingerprint density at radius 3 is 2.35 bits per heavy atom. The van der Waals surface area contributed by atoms with E-state index in [-0.39, 0.29) is 17.2 Å². The topological polar surface area (TPSA) is 97.3 Å². The van der Waals surface area contributed by atoms with Gasteiger partial charge in [-0.2, -0.15) is 9.41 Å². The van der Waals surface area contributed by atoms with Crippen molar-refractivity contribution < 1.29 is 22.7 Å². The molecular formula is C25H27N3O5S. The van der Waals surface area contributed by atoms with Crippen LogP contribution in [-0.4, -0.2) is 45.6 Å². The Hall–Kier alpha value is -3.69. The van der Waals surface area contributed by atoms with Crippen molar-refractivity contribution in [3.05, 3.63) is 89.5 Å². The number of amides is 1. The Morgan fingerprint density at radius 2 is 1.71 bits per heavy atom. The number of carbonyl (C=O) groups excluding carboxylic acids is 1. The third-order valence-electron chi connectivity index (χ3n) is 4.98. The molecule has 34 heavy (non-hydrogen) atoms. The molecule has 0 spiro atoms. The predicted molar refractivity (Wildman–Crippen MR) is 130 cm³/mol. The Morgan fingerprint density at radius 1 is 1.00 bits per heavy atom. The van der Waals surface area contributed by atoms with Crippen molar-refractivity contribution in [2.75, 3.05) is 20.8 Å². The number of ether oxygens (including phenoxy) is 2. The molecule has 3 aromatic carbocycles. The second-order valence-corrected chi connectivity index (χ2v) is 9.39. The Labute approximate surface area is 199 Å². The van der Waals surface area contributed by atoms with Crippen LogP contribution in [-0.2, 0) is 21.4 Å². The number of carbonyl (C=O) groups is 1. The number of rotatable bonds is 10. The molecular weight excluding hydrogens is 454 g/mol. The summed E-state index contributed by atoms with van der Waals surface area (Å²) < 4.78 is 38.7. The molecule has 0 atom stereocenters. The molecule has 0 saturated carbocycles. The number of benzene rings is 3. The fraction of sp³-hybridized carbons (Fsp3) is 0.200. The second kappa shape index (κ2) is 11.4. The minimum atomic E-state index is -4.06. The van der Waals surface area contributed by atoms with E-state index < -0.39 is 22.5 Å². The third-order valence-corrected chi connectivity index (χ3v) is 6.79. The molecule has 0 aromatic heterocycles. The van der Waals surface area contributed by atoms with Crippen LogP contribution in [0, 0.1) is 6.92 Å². The lowest BCUT2D eigenvalue weighted by atomic mass is 10.2. The average Bonchev–Trinajstić information content (AvgIpc) is 2.84. The van der Waals surface area contributed by atoms with Crippen molar-refractivity contribution in [2.45, 2.75) is 18.4 Å². The molecule has 1 N–H and O–H groups in total. The van der Waals surface area contributed by atoms with E-state index in [0.29, 0.717) is 5.75 Å².